The minimum absolute atomic E-state index is 0.0504. The molecule has 0 aromatic heterocycles. The van der Waals surface area contributed by atoms with E-state index in [1.165, 1.54) is 0 Å². The zero-order valence-electron chi connectivity index (χ0n) is 19.6. The maximum absolute atomic E-state index is 13.7. The summed E-state index contributed by atoms with van der Waals surface area (Å²) >= 11 is 6.32. The highest BCUT2D eigenvalue weighted by Gasteiger charge is 2.43. The van der Waals surface area contributed by atoms with Crippen molar-refractivity contribution in [2.24, 2.45) is 0 Å². The first kappa shape index (κ1) is 24.3. The number of rotatable bonds is 9. The van der Waals surface area contributed by atoms with E-state index in [-0.39, 0.29) is 17.7 Å². The first-order valence-electron chi connectivity index (χ1n) is 12.2. The number of carbonyl (C=O) groups excluding carboxylic acids is 3. The number of likely N-dealkylation sites (tertiary alicyclic amines) is 1. The summed E-state index contributed by atoms with van der Waals surface area (Å²) < 4.78 is 0. The fraction of sp³-hybridized carbons (Fsp3) is 0.444. The smallest absolute Gasteiger partial charge is 0.254 e. The summed E-state index contributed by atoms with van der Waals surface area (Å²) in [7, 11) is 0. The Kier molecular flexibility index (Phi) is 7.88. The molecule has 0 saturated carbocycles. The Morgan fingerprint density at radius 1 is 1.09 bits per heavy atom. The van der Waals surface area contributed by atoms with Gasteiger partial charge in [0.05, 0.1) is 12.0 Å². The second kappa shape index (κ2) is 11.0. The fourth-order valence-corrected chi connectivity index (χ4v) is 5.24. The quantitative estimate of drug-likeness (QED) is 0.534. The summed E-state index contributed by atoms with van der Waals surface area (Å²) in [5.74, 6) is -0.513. The summed E-state index contributed by atoms with van der Waals surface area (Å²) in [4.78, 5) is 42.7. The lowest BCUT2D eigenvalue weighted by Crippen LogP contribution is -2.48. The van der Waals surface area contributed by atoms with Gasteiger partial charge in [-0.05, 0) is 48.6 Å². The molecule has 2 aliphatic heterocycles. The summed E-state index contributed by atoms with van der Waals surface area (Å²) in [5, 5.41) is 3.67. The summed E-state index contributed by atoms with van der Waals surface area (Å²) in [6.07, 6.45) is 4.02. The number of amides is 3. The van der Waals surface area contributed by atoms with Crippen molar-refractivity contribution in [3.63, 3.8) is 0 Å². The lowest BCUT2D eigenvalue weighted by molar-refractivity contribution is -0.127. The Morgan fingerprint density at radius 3 is 2.65 bits per heavy atom. The van der Waals surface area contributed by atoms with Crippen molar-refractivity contribution in [1.82, 2.24) is 15.1 Å². The minimum Gasteiger partial charge on any atom is -0.355 e. The van der Waals surface area contributed by atoms with Gasteiger partial charge in [0.25, 0.3) is 5.91 Å². The fourth-order valence-electron chi connectivity index (χ4n) is 5.04. The van der Waals surface area contributed by atoms with E-state index < -0.39 is 12.0 Å². The van der Waals surface area contributed by atoms with Crippen LogP contribution in [0.25, 0.3) is 0 Å². The molecule has 6 nitrogen and oxygen atoms in total. The van der Waals surface area contributed by atoms with Crippen LogP contribution < -0.4 is 5.32 Å². The molecule has 1 N–H and O–H groups in total. The van der Waals surface area contributed by atoms with Gasteiger partial charge in [0.15, 0.2) is 0 Å². The third-order valence-corrected chi connectivity index (χ3v) is 6.97. The van der Waals surface area contributed by atoms with E-state index in [4.69, 9.17) is 11.6 Å². The lowest BCUT2D eigenvalue weighted by atomic mass is 9.79. The molecule has 4 rings (SSSR count). The summed E-state index contributed by atoms with van der Waals surface area (Å²) in [6, 6.07) is 14.4. The number of hydrogen-bond acceptors (Lipinski definition) is 3. The van der Waals surface area contributed by atoms with Crippen LogP contribution in [-0.4, -0.2) is 53.7 Å². The van der Waals surface area contributed by atoms with Crippen molar-refractivity contribution in [2.45, 2.75) is 51.0 Å². The molecule has 180 valence electrons. The Morgan fingerprint density at radius 2 is 1.91 bits per heavy atom. The molecule has 2 unspecified atom stereocenters. The molecule has 0 radical (unpaired) electrons. The predicted octanol–water partition coefficient (Wildman–Crippen LogP) is 4.55. The highest BCUT2D eigenvalue weighted by Crippen LogP contribution is 2.43. The maximum atomic E-state index is 13.7. The second-order valence-corrected chi connectivity index (χ2v) is 9.48. The van der Waals surface area contributed by atoms with Crippen molar-refractivity contribution in [3.8, 4) is 0 Å². The molecule has 3 amide bonds. The maximum Gasteiger partial charge on any atom is 0.254 e. The first-order chi connectivity index (χ1) is 16.5. The van der Waals surface area contributed by atoms with Crippen molar-refractivity contribution in [3.05, 3.63) is 70.2 Å². The van der Waals surface area contributed by atoms with Crippen molar-refractivity contribution >= 4 is 29.3 Å². The Bertz CT molecular complexity index is 1060. The SMILES string of the molecule is CCCCN1C(=O)c2ccccc2C(C(=O)NCCCN2CCCC2=O)C1c1cccc(Cl)c1. The monoisotopic (exact) mass is 481 g/mol. The van der Waals surface area contributed by atoms with Crippen LogP contribution in [0, 0.1) is 0 Å². The van der Waals surface area contributed by atoms with Crippen LogP contribution in [0.2, 0.25) is 5.02 Å². The van der Waals surface area contributed by atoms with Gasteiger partial charge in [0, 0.05) is 43.2 Å². The van der Waals surface area contributed by atoms with Gasteiger partial charge in [-0.25, -0.2) is 0 Å². The Labute approximate surface area is 206 Å². The highest BCUT2D eigenvalue weighted by molar-refractivity contribution is 6.30. The normalized spacial score (nSPS) is 19.9. The van der Waals surface area contributed by atoms with Gasteiger partial charge in [-0.2, -0.15) is 0 Å². The van der Waals surface area contributed by atoms with Gasteiger partial charge in [-0.1, -0.05) is 55.3 Å². The lowest BCUT2D eigenvalue weighted by Gasteiger charge is -2.42. The van der Waals surface area contributed by atoms with E-state index in [2.05, 4.69) is 12.2 Å². The third-order valence-electron chi connectivity index (χ3n) is 6.74. The van der Waals surface area contributed by atoms with Crippen LogP contribution >= 0.6 is 11.6 Å². The number of unbranched alkanes of at least 4 members (excludes halogenated alkanes) is 1. The average molecular weight is 482 g/mol. The van der Waals surface area contributed by atoms with E-state index in [0.29, 0.717) is 43.1 Å². The molecule has 2 aromatic carbocycles. The molecule has 0 bridgehead atoms. The van der Waals surface area contributed by atoms with E-state index in [1.54, 1.807) is 6.07 Å². The number of benzene rings is 2. The molecule has 0 aliphatic carbocycles. The summed E-state index contributed by atoms with van der Waals surface area (Å²) in [5.41, 5.74) is 2.19. The van der Waals surface area contributed by atoms with Crippen molar-refractivity contribution < 1.29 is 14.4 Å². The molecule has 7 heteroatoms. The molecule has 1 saturated heterocycles. The molecule has 2 aliphatic rings. The summed E-state index contributed by atoms with van der Waals surface area (Å²) in [6.45, 7) is 4.59. The average Bonchev–Trinajstić information content (AvgIpc) is 3.25. The van der Waals surface area contributed by atoms with Crippen LogP contribution in [0.5, 0.6) is 0 Å². The van der Waals surface area contributed by atoms with E-state index in [0.717, 1.165) is 36.9 Å². The van der Waals surface area contributed by atoms with Crippen molar-refractivity contribution in [1.29, 1.82) is 0 Å². The first-order valence-corrected chi connectivity index (χ1v) is 12.6. The Hall–Kier alpha value is -2.86. The van der Waals surface area contributed by atoms with Gasteiger partial charge in [-0.3, -0.25) is 14.4 Å². The zero-order valence-corrected chi connectivity index (χ0v) is 20.4. The topological polar surface area (TPSA) is 69.7 Å². The third kappa shape index (κ3) is 5.12. The molecule has 1 fully saturated rings. The van der Waals surface area contributed by atoms with Crippen LogP contribution in [0.3, 0.4) is 0 Å². The molecular weight excluding hydrogens is 450 g/mol. The van der Waals surface area contributed by atoms with Gasteiger partial charge < -0.3 is 15.1 Å². The number of nitrogens with zero attached hydrogens (tertiary/aromatic N) is 2. The molecular formula is C27H32ClN3O3. The Balaban J connectivity index is 1.61. The highest BCUT2D eigenvalue weighted by atomic mass is 35.5. The standard InChI is InChI=1S/C27H32ClN3O3/c1-2-3-17-31-25(19-9-6-10-20(28)18-19)24(21-11-4-5-12-22(21)27(31)34)26(33)29-14-8-16-30-15-7-13-23(30)32/h4-6,9-12,18,24-25H,2-3,7-8,13-17H2,1H3,(H,29,33). The van der Waals surface area contributed by atoms with E-state index in [9.17, 15) is 14.4 Å². The van der Waals surface area contributed by atoms with Gasteiger partial charge in [0.2, 0.25) is 11.8 Å². The minimum atomic E-state index is -0.544. The largest absolute Gasteiger partial charge is 0.355 e. The van der Waals surface area contributed by atoms with Crippen LogP contribution in [-0.2, 0) is 9.59 Å². The van der Waals surface area contributed by atoms with Gasteiger partial charge >= 0.3 is 0 Å². The number of hydrogen-bond donors (Lipinski definition) is 1. The molecule has 34 heavy (non-hydrogen) atoms. The van der Waals surface area contributed by atoms with Crippen molar-refractivity contribution in [2.75, 3.05) is 26.2 Å². The number of nitrogens with one attached hydrogen (secondary N) is 1. The van der Waals surface area contributed by atoms with Crippen LogP contribution in [0.15, 0.2) is 48.5 Å². The molecule has 2 atom stereocenters. The number of fused-ring (bicyclic) bond motifs is 1. The molecule has 0 spiro atoms. The van der Waals surface area contributed by atoms with Gasteiger partial charge in [0.1, 0.15) is 0 Å². The predicted molar refractivity (Wildman–Crippen MR) is 133 cm³/mol. The van der Waals surface area contributed by atoms with E-state index >= 15 is 0 Å². The van der Waals surface area contributed by atoms with Crippen LogP contribution in [0.4, 0.5) is 0 Å². The number of halogens is 1. The van der Waals surface area contributed by atoms with Gasteiger partial charge in [-0.15, -0.1) is 0 Å². The number of carbonyl (C=O) groups is 3. The molecule has 2 aromatic rings. The zero-order chi connectivity index (χ0) is 24.1. The van der Waals surface area contributed by atoms with E-state index in [1.807, 2.05) is 52.3 Å². The second-order valence-electron chi connectivity index (χ2n) is 9.05. The van der Waals surface area contributed by atoms with Crippen LogP contribution in [0.1, 0.15) is 72.5 Å². The molecule has 2 heterocycles.